The zero-order valence-corrected chi connectivity index (χ0v) is 18.5. The first kappa shape index (κ1) is 21.6. The maximum Gasteiger partial charge on any atom is 0.410 e. The monoisotopic (exact) mass is 409 g/mol. The van der Waals surface area contributed by atoms with Gasteiger partial charge in [-0.25, -0.2) is 14.3 Å². The summed E-state index contributed by atoms with van der Waals surface area (Å²) in [5.41, 5.74) is 3.65. The van der Waals surface area contributed by atoms with Crippen LogP contribution in [0.2, 0.25) is 0 Å². The Morgan fingerprint density at radius 2 is 1.63 bits per heavy atom. The molecule has 0 radical (unpaired) electrons. The minimum Gasteiger partial charge on any atom is -0.444 e. The number of piperazine rings is 1. The standard InChI is InChI=1S/C21H25N5O2.C2H6/c1-21(2,3)28-20(27)25-12-10-24(11-13-25)18-6-4-16(5-7-18)17-14-22-19-8-9-23-26(19)15-17;1-2/h4-9,14-15H,10-13H2,1-3H3;1-2H3. The van der Waals surface area contributed by atoms with E-state index in [4.69, 9.17) is 4.74 Å². The molecule has 0 bridgehead atoms. The van der Waals surface area contributed by atoms with Crippen LogP contribution in [-0.2, 0) is 4.74 Å². The third-order valence-electron chi connectivity index (χ3n) is 4.74. The first-order chi connectivity index (χ1) is 14.4. The lowest BCUT2D eigenvalue weighted by atomic mass is 10.1. The van der Waals surface area contributed by atoms with Crippen LogP contribution in [0.1, 0.15) is 34.6 Å². The molecule has 0 saturated carbocycles. The van der Waals surface area contributed by atoms with E-state index >= 15 is 0 Å². The van der Waals surface area contributed by atoms with Crippen LogP contribution in [0.15, 0.2) is 48.9 Å². The van der Waals surface area contributed by atoms with Gasteiger partial charge in [0, 0.05) is 55.9 Å². The van der Waals surface area contributed by atoms with Crippen molar-refractivity contribution in [2.75, 3.05) is 31.1 Å². The van der Waals surface area contributed by atoms with Gasteiger partial charge in [-0.05, 0) is 38.5 Å². The van der Waals surface area contributed by atoms with E-state index in [2.05, 4.69) is 39.2 Å². The molecule has 0 spiro atoms. The van der Waals surface area contributed by atoms with Crippen molar-refractivity contribution in [2.45, 2.75) is 40.2 Å². The molecule has 0 unspecified atom stereocenters. The Morgan fingerprint density at radius 1 is 0.967 bits per heavy atom. The second-order valence-electron chi connectivity index (χ2n) is 7.98. The highest BCUT2D eigenvalue weighted by molar-refractivity contribution is 5.69. The van der Waals surface area contributed by atoms with Gasteiger partial charge >= 0.3 is 6.09 Å². The van der Waals surface area contributed by atoms with Crippen molar-refractivity contribution in [1.29, 1.82) is 0 Å². The summed E-state index contributed by atoms with van der Waals surface area (Å²) in [6.45, 7) is 12.6. The summed E-state index contributed by atoms with van der Waals surface area (Å²) < 4.78 is 7.24. The van der Waals surface area contributed by atoms with E-state index in [0.29, 0.717) is 13.1 Å². The number of carbonyl (C=O) groups is 1. The molecule has 7 heteroatoms. The van der Waals surface area contributed by atoms with Crippen LogP contribution in [0.3, 0.4) is 0 Å². The number of ether oxygens (including phenoxy) is 1. The number of nitrogens with zero attached hydrogens (tertiary/aromatic N) is 5. The Hall–Kier alpha value is -3.09. The van der Waals surface area contributed by atoms with Crippen LogP contribution in [0, 0.1) is 0 Å². The topological polar surface area (TPSA) is 63.0 Å². The molecule has 30 heavy (non-hydrogen) atoms. The number of hydrogen-bond donors (Lipinski definition) is 0. The molecule has 3 heterocycles. The second kappa shape index (κ2) is 9.15. The largest absolute Gasteiger partial charge is 0.444 e. The van der Waals surface area contributed by atoms with Gasteiger partial charge < -0.3 is 14.5 Å². The zero-order valence-electron chi connectivity index (χ0n) is 18.5. The molecule has 1 amide bonds. The summed E-state index contributed by atoms with van der Waals surface area (Å²) >= 11 is 0. The fourth-order valence-corrected chi connectivity index (χ4v) is 3.30. The maximum atomic E-state index is 12.2. The van der Waals surface area contributed by atoms with Gasteiger partial charge in [0.2, 0.25) is 0 Å². The predicted molar refractivity (Wildman–Crippen MR) is 120 cm³/mol. The molecule has 1 aliphatic heterocycles. The summed E-state index contributed by atoms with van der Waals surface area (Å²) in [7, 11) is 0. The van der Waals surface area contributed by atoms with E-state index in [9.17, 15) is 4.79 Å². The Balaban J connectivity index is 0.00000124. The molecular weight excluding hydrogens is 378 g/mol. The minimum absolute atomic E-state index is 0.232. The van der Waals surface area contributed by atoms with Crippen LogP contribution in [0.4, 0.5) is 10.5 Å². The smallest absolute Gasteiger partial charge is 0.410 e. The van der Waals surface area contributed by atoms with Gasteiger partial charge in [-0.2, -0.15) is 5.10 Å². The fraction of sp³-hybridized carbons (Fsp3) is 0.435. The molecule has 0 atom stereocenters. The van der Waals surface area contributed by atoms with Gasteiger partial charge in [-0.3, -0.25) is 0 Å². The lowest BCUT2D eigenvalue weighted by Gasteiger charge is -2.36. The quantitative estimate of drug-likeness (QED) is 0.624. The Morgan fingerprint density at radius 3 is 2.27 bits per heavy atom. The normalized spacial score (nSPS) is 14.3. The third kappa shape index (κ3) is 5.09. The number of fused-ring (bicyclic) bond motifs is 1. The number of carbonyl (C=O) groups excluding carboxylic acids is 1. The maximum absolute atomic E-state index is 12.2. The number of amides is 1. The number of aromatic nitrogens is 3. The highest BCUT2D eigenvalue weighted by Crippen LogP contribution is 2.24. The van der Waals surface area contributed by atoms with Crippen LogP contribution in [0.5, 0.6) is 0 Å². The average molecular weight is 410 g/mol. The van der Waals surface area contributed by atoms with Crippen molar-refractivity contribution in [2.24, 2.45) is 0 Å². The lowest BCUT2D eigenvalue weighted by Crippen LogP contribution is -2.50. The van der Waals surface area contributed by atoms with Gasteiger partial charge in [-0.1, -0.05) is 26.0 Å². The molecule has 1 aliphatic rings. The molecule has 1 saturated heterocycles. The molecule has 1 fully saturated rings. The fourth-order valence-electron chi connectivity index (χ4n) is 3.30. The summed E-state index contributed by atoms with van der Waals surface area (Å²) in [6, 6.07) is 10.3. The molecular formula is C23H31N5O2. The molecule has 3 aromatic rings. The Labute approximate surface area is 178 Å². The molecule has 4 rings (SSSR count). The van der Waals surface area contributed by atoms with Crippen LogP contribution in [-0.4, -0.2) is 57.4 Å². The second-order valence-corrected chi connectivity index (χ2v) is 7.98. The predicted octanol–water partition coefficient (Wildman–Crippen LogP) is 4.48. The van der Waals surface area contributed by atoms with Gasteiger partial charge in [0.1, 0.15) is 5.60 Å². The van der Waals surface area contributed by atoms with Gasteiger partial charge in [0.05, 0.1) is 6.20 Å². The lowest BCUT2D eigenvalue weighted by molar-refractivity contribution is 0.0240. The first-order valence-electron chi connectivity index (χ1n) is 10.5. The highest BCUT2D eigenvalue weighted by Gasteiger charge is 2.25. The van der Waals surface area contributed by atoms with Gasteiger partial charge in [0.15, 0.2) is 5.65 Å². The van der Waals surface area contributed by atoms with E-state index in [-0.39, 0.29) is 6.09 Å². The van der Waals surface area contributed by atoms with Gasteiger partial charge in [0.25, 0.3) is 0 Å². The van der Waals surface area contributed by atoms with Crippen molar-refractivity contribution in [1.82, 2.24) is 19.5 Å². The molecule has 7 nitrogen and oxygen atoms in total. The number of rotatable bonds is 2. The van der Waals surface area contributed by atoms with Crippen LogP contribution in [0.25, 0.3) is 16.8 Å². The van der Waals surface area contributed by atoms with E-state index in [1.54, 1.807) is 15.6 Å². The summed E-state index contributed by atoms with van der Waals surface area (Å²) in [6.07, 6.45) is 5.36. The van der Waals surface area contributed by atoms with Crippen molar-refractivity contribution >= 4 is 17.4 Å². The summed E-state index contributed by atoms with van der Waals surface area (Å²) in [5.74, 6) is 0. The van der Waals surface area contributed by atoms with E-state index in [0.717, 1.165) is 35.6 Å². The first-order valence-corrected chi connectivity index (χ1v) is 10.5. The summed E-state index contributed by atoms with van der Waals surface area (Å²) in [5, 5.41) is 4.24. The van der Waals surface area contributed by atoms with Crippen molar-refractivity contribution in [3.8, 4) is 11.1 Å². The average Bonchev–Trinajstić information content (AvgIpc) is 3.22. The molecule has 0 aliphatic carbocycles. The minimum atomic E-state index is -0.460. The van der Waals surface area contributed by atoms with E-state index in [1.807, 2.05) is 53.1 Å². The number of hydrogen-bond acceptors (Lipinski definition) is 5. The number of anilines is 1. The molecule has 2 aromatic heterocycles. The van der Waals surface area contributed by atoms with E-state index < -0.39 is 5.60 Å². The van der Waals surface area contributed by atoms with Crippen molar-refractivity contribution < 1.29 is 9.53 Å². The van der Waals surface area contributed by atoms with Crippen LogP contribution >= 0.6 is 0 Å². The molecule has 160 valence electrons. The zero-order chi connectivity index (χ0) is 21.7. The van der Waals surface area contributed by atoms with Crippen molar-refractivity contribution in [3.63, 3.8) is 0 Å². The Kier molecular flexibility index (Phi) is 6.59. The highest BCUT2D eigenvalue weighted by atomic mass is 16.6. The SMILES string of the molecule is CC.CC(C)(C)OC(=O)N1CCN(c2ccc(-c3cnc4ccnn4c3)cc2)CC1. The summed E-state index contributed by atoms with van der Waals surface area (Å²) in [4.78, 5) is 20.7. The Bertz CT molecular complexity index is 967. The van der Waals surface area contributed by atoms with Crippen molar-refractivity contribution in [3.05, 3.63) is 48.9 Å². The van der Waals surface area contributed by atoms with Gasteiger partial charge in [-0.15, -0.1) is 0 Å². The third-order valence-corrected chi connectivity index (χ3v) is 4.74. The number of benzene rings is 1. The molecule has 0 N–H and O–H groups in total. The van der Waals surface area contributed by atoms with E-state index in [1.165, 1.54) is 0 Å². The molecule has 1 aromatic carbocycles. The van der Waals surface area contributed by atoms with Crippen LogP contribution < -0.4 is 4.90 Å².